The second-order valence-electron chi connectivity index (χ2n) is 4.99. The van der Waals surface area contributed by atoms with Crippen molar-refractivity contribution in [3.63, 3.8) is 0 Å². The number of benzene rings is 2. The molecule has 0 saturated carbocycles. The summed E-state index contributed by atoms with van der Waals surface area (Å²) in [6.45, 7) is 0. The maximum atomic E-state index is 12.9. The van der Waals surface area contributed by atoms with Gasteiger partial charge in [0.1, 0.15) is 5.82 Å². The fraction of sp³-hybridized carbons (Fsp3) is 0.118. The molecule has 23 heavy (non-hydrogen) atoms. The lowest BCUT2D eigenvalue weighted by molar-refractivity contribution is -0.118. The Morgan fingerprint density at radius 2 is 1.87 bits per heavy atom. The summed E-state index contributed by atoms with van der Waals surface area (Å²) in [7, 11) is 0. The van der Waals surface area contributed by atoms with Gasteiger partial charge >= 0.3 is 0 Å². The number of thioether (sulfide) groups is 1. The van der Waals surface area contributed by atoms with E-state index in [2.05, 4.69) is 15.5 Å². The highest BCUT2D eigenvalue weighted by Gasteiger charge is 2.30. The van der Waals surface area contributed by atoms with Crippen LogP contribution in [0.25, 0.3) is 0 Å². The highest BCUT2D eigenvalue weighted by atomic mass is 32.2. The number of halogens is 1. The number of nitrogens with one attached hydrogen (secondary N) is 1. The zero-order valence-electron chi connectivity index (χ0n) is 12.1. The highest BCUT2D eigenvalue weighted by molar-refractivity contribution is 8.15. The Morgan fingerprint density at radius 1 is 1.13 bits per heavy atom. The molecule has 1 atom stereocenters. The molecule has 0 spiro atoms. The van der Waals surface area contributed by atoms with Crippen LogP contribution in [-0.4, -0.2) is 22.5 Å². The first-order chi connectivity index (χ1) is 11.2. The Balaban J connectivity index is 1.61. The van der Waals surface area contributed by atoms with Crippen molar-refractivity contribution in [2.24, 2.45) is 10.2 Å². The minimum Gasteiger partial charge on any atom is -0.303 e. The molecule has 1 heterocycles. The largest absolute Gasteiger partial charge is 0.303 e. The van der Waals surface area contributed by atoms with E-state index in [1.54, 1.807) is 18.3 Å². The predicted molar refractivity (Wildman–Crippen MR) is 91.1 cm³/mol. The smallest absolute Gasteiger partial charge is 0.239 e. The third-order valence-corrected chi connectivity index (χ3v) is 4.34. The fourth-order valence-corrected chi connectivity index (χ4v) is 3.07. The van der Waals surface area contributed by atoms with E-state index in [1.165, 1.54) is 23.9 Å². The van der Waals surface area contributed by atoms with E-state index in [-0.39, 0.29) is 17.0 Å². The monoisotopic (exact) mass is 327 g/mol. The van der Waals surface area contributed by atoms with E-state index in [9.17, 15) is 9.18 Å². The summed E-state index contributed by atoms with van der Waals surface area (Å²) in [6, 6.07) is 15.8. The highest BCUT2D eigenvalue weighted by Crippen LogP contribution is 2.23. The normalized spacial score (nSPS) is 19.4. The van der Waals surface area contributed by atoms with Gasteiger partial charge in [0.15, 0.2) is 5.17 Å². The van der Waals surface area contributed by atoms with Gasteiger partial charge in [-0.05, 0) is 29.7 Å². The van der Waals surface area contributed by atoms with Crippen LogP contribution in [0.4, 0.5) is 4.39 Å². The molecule has 0 radical (unpaired) electrons. The molecule has 2 aromatic rings. The van der Waals surface area contributed by atoms with E-state index in [4.69, 9.17) is 0 Å². The Kier molecular flexibility index (Phi) is 4.83. The fourth-order valence-electron chi connectivity index (χ4n) is 2.11. The number of hydrogen-bond acceptors (Lipinski definition) is 4. The molecular formula is C17H14FN3OS. The van der Waals surface area contributed by atoms with Gasteiger partial charge in [-0.25, -0.2) is 4.39 Å². The van der Waals surface area contributed by atoms with Gasteiger partial charge in [0.2, 0.25) is 5.91 Å². The van der Waals surface area contributed by atoms with Gasteiger partial charge in [-0.15, -0.1) is 5.10 Å². The number of amides is 1. The van der Waals surface area contributed by atoms with Crippen molar-refractivity contribution < 1.29 is 9.18 Å². The zero-order valence-corrected chi connectivity index (χ0v) is 13.0. The number of hydrogen-bond donors (Lipinski definition) is 1. The van der Waals surface area contributed by atoms with Crippen molar-refractivity contribution in [1.82, 2.24) is 5.32 Å². The van der Waals surface area contributed by atoms with Crippen LogP contribution < -0.4 is 5.32 Å². The van der Waals surface area contributed by atoms with Crippen LogP contribution in [0.3, 0.4) is 0 Å². The van der Waals surface area contributed by atoms with Crippen molar-refractivity contribution in [2.45, 2.75) is 11.7 Å². The average Bonchev–Trinajstić information content (AvgIpc) is 2.90. The molecule has 2 aromatic carbocycles. The molecule has 1 N–H and O–H groups in total. The van der Waals surface area contributed by atoms with Crippen molar-refractivity contribution in [1.29, 1.82) is 0 Å². The molecule has 1 unspecified atom stereocenters. The van der Waals surface area contributed by atoms with Crippen LogP contribution in [0.1, 0.15) is 11.1 Å². The molecule has 1 fully saturated rings. The summed E-state index contributed by atoms with van der Waals surface area (Å²) in [6.07, 6.45) is 2.16. The first kappa shape index (κ1) is 15.4. The quantitative estimate of drug-likeness (QED) is 0.693. The van der Waals surface area contributed by atoms with E-state index in [0.717, 1.165) is 11.1 Å². The third-order valence-electron chi connectivity index (χ3n) is 3.27. The molecule has 116 valence electrons. The first-order valence-electron chi connectivity index (χ1n) is 7.09. The standard InChI is InChI=1S/C17H14FN3OS/c18-14-8-6-12(7-9-14)10-15-16(22)20-17(23-15)21-19-11-13-4-2-1-3-5-13/h1-9,11,15H,10H2,(H,20,21,22)/b19-11+. The lowest BCUT2D eigenvalue weighted by Crippen LogP contribution is -2.25. The topological polar surface area (TPSA) is 53.8 Å². The molecular weight excluding hydrogens is 313 g/mol. The summed E-state index contributed by atoms with van der Waals surface area (Å²) >= 11 is 1.33. The van der Waals surface area contributed by atoms with Crippen LogP contribution >= 0.6 is 11.8 Å². The van der Waals surface area contributed by atoms with E-state index < -0.39 is 0 Å². The van der Waals surface area contributed by atoms with Gasteiger partial charge in [-0.1, -0.05) is 54.2 Å². The van der Waals surface area contributed by atoms with Gasteiger partial charge in [0, 0.05) is 0 Å². The minimum atomic E-state index is -0.283. The van der Waals surface area contributed by atoms with Crippen LogP contribution in [0.2, 0.25) is 0 Å². The lowest BCUT2D eigenvalue weighted by Gasteiger charge is -2.04. The molecule has 6 heteroatoms. The van der Waals surface area contributed by atoms with Gasteiger partial charge in [-0.2, -0.15) is 5.10 Å². The summed E-state index contributed by atoms with van der Waals surface area (Å²) in [5, 5.41) is 10.9. The average molecular weight is 327 g/mol. The molecule has 0 aliphatic carbocycles. The SMILES string of the molecule is O=C1N/C(=N\N=C\c2ccccc2)SC1Cc1ccc(F)cc1. The number of carbonyl (C=O) groups is 1. The van der Waals surface area contributed by atoms with Gasteiger partial charge in [0.25, 0.3) is 0 Å². The van der Waals surface area contributed by atoms with Crippen LogP contribution in [0, 0.1) is 5.82 Å². The third kappa shape index (κ3) is 4.26. The molecule has 4 nitrogen and oxygen atoms in total. The molecule has 1 amide bonds. The number of rotatable bonds is 4. The molecule has 0 aromatic heterocycles. The molecule has 1 aliphatic rings. The Hall–Kier alpha value is -2.47. The molecule has 3 rings (SSSR count). The number of nitrogens with zero attached hydrogens (tertiary/aromatic N) is 2. The van der Waals surface area contributed by atoms with Crippen molar-refractivity contribution in [2.75, 3.05) is 0 Å². The molecule has 0 bridgehead atoms. The Morgan fingerprint density at radius 3 is 2.61 bits per heavy atom. The summed E-state index contributed by atoms with van der Waals surface area (Å²) in [4.78, 5) is 12.0. The minimum absolute atomic E-state index is 0.104. The van der Waals surface area contributed by atoms with Crippen molar-refractivity contribution >= 4 is 29.1 Å². The summed E-state index contributed by atoms with van der Waals surface area (Å²) < 4.78 is 12.9. The van der Waals surface area contributed by atoms with E-state index in [1.807, 2.05) is 30.3 Å². The van der Waals surface area contributed by atoms with Crippen LogP contribution in [-0.2, 0) is 11.2 Å². The molecule has 1 saturated heterocycles. The van der Waals surface area contributed by atoms with Gasteiger partial charge in [-0.3, -0.25) is 4.79 Å². The first-order valence-corrected chi connectivity index (χ1v) is 7.97. The van der Waals surface area contributed by atoms with E-state index >= 15 is 0 Å². The van der Waals surface area contributed by atoms with E-state index in [0.29, 0.717) is 11.6 Å². The maximum Gasteiger partial charge on any atom is 0.239 e. The Labute approximate surface area is 137 Å². The summed E-state index contributed by atoms with van der Waals surface area (Å²) in [5.74, 6) is -0.386. The second kappa shape index (κ2) is 7.19. The Bertz CT molecular complexity index is 744. The van der Waals surface area contributed by atoms with Crippen LogP contribution in [0.15, 0.2) is 64.8 Å². The second-order valence-corrected chi connectivity index (χ2v) is 6.18. The van der Waals surface area contributed by atoms with Gasteiger partial charge < -0.3 is 5.32 Å². The molecule has 1 aliphatic heterocycles. The van der Waals surface area contributed by atoms with Crippen LogP contribution in [0.5, 0.6) is 0 Å². The zero-order chi connectivity index (χ0) is 16.1. The summed E-state index contributed by atoms with van der Waals surface area (Å²) in [5.41, 5.74) is 1.85. The van der Waals surface area contributed by atoms with Crippen molar-refractivity contribution in [3.05, 3.63) is 71.5 Å². The number of carbonyl (C=O) groups excluding carboxylic acids is 1. The number of amidine groups is 1. The maximum absolute atomic E-state index is 12.9. The van der Waals surface area contributed by atoms with Gasteiger partial charge in [0.05, 0.1) is 11.5 Å². The lowest BCUT2D eigenvalue weighted by atomic mass is 10.1. The predicted octanol–water partition coefficient (Wildman–Crippen LogP) is 2.99. The van der Waals surface area contributed by atoms with Crippen molar-refractivity contribution in [3.8, 4) is 0 Å².